The largest absolute Gasteiger partial charge is 0.379 e. The highest BCUT2D eigenvalue weighted by Crippen LogP contribution is 2.31. The van der Waals surface area contributed by atoms with Crippen LogP contribution in [0.2, 0.25) is 0 Å². The lowest BCUT2D eigenvalue weighted by molar-refractivity contribution is 0.0121. The number of hydrogen-bond donors (Lipinski definition) is 0. The molecule has 0 saturated carbocycles. The number of ether oxygens (including phenoxy) is 1. The van der Waals surface area contributed by atoms with Crippen molar-refractivity contribution in [2.24, 2.45) is 0 Å². The monoisotopic (exact) mass is 362 g/mol. The Kier molecular flexibility index (Phi) is 5.61. The average Bonchev–Trinajstić information content (AvgIpc) is 3.17. The zero-order chi connectivity index (χ0) is 18.5. The van der Waals surface area contributed by atoms with E-state index in [0.29, 0.717) is 6.04 Å². The molecule has 27 heavy (non-hydrogen) atoms. The van der Waals surface area contributed by atoms with E-state index in [2.05, 4.69) is 57.8 Å². The molecule has 5 nitrogen and oxygen atoms in total. The van der Waals surface area contributed by atoms with Crippen molar-refractivity contribution in [1.29, 1.82) is 0 Å². The Morgan fingerprint density at radius 1 is 1.00 bits per heavy atom. The first-order chi connectivity index (χ1) is 13.4. The molecule has 4 rings (SSSR count). The van der Waals surface area contributed by atoms with Crippen molar-refractivity contribution in [3.63, 3.8) is 0 Å². The number of nitrogens with zero attached hydrogens (tertiary/aromatic N) is 4. The van der Waals surface area contributed by atoms with E-state index in [1.54, 1.807) is 0 Å². The van der Waals surface area contributed by atoms with Gasteiger partial charge in [-0.1, -0.05) is 37.3 Å². The van der Waals surface area contributed by atoms with Crippen LogP contribution in [0.25, 0.3) is 22.5 Å². The third-order valence-corrected chi connectivity index (χ3v) is 5.28. The van der Waals surface area contributed by atoms with Gasteiger partial charge in [0.2, 0.25) is 0 Å². The lowest BCUT2D eigenvalue weighted by atomic mass is 10.1. The van der Waals surface area contributed by atoms with Gasteiger partial charge in [-0.15, -0.1) is 0 Å². The van der Waals surface area contributed by atoms with Gasteiger partial charge in [-0.05, 0) is 18.6 Å². The Hall–Kier alpha value is -2.50. The second-order valence-electron chi connectivity index (χ2n) is 6.91. The molecule has 1 saturated heterocycles. The summed E-state index contributed by atoms with van der Waals surface area (Å²) in [5, 5.41) is 0. The van der Waals surface area contributed by atoms with E-state index in [1.807, 2.05) is 24.8 Å². The van der Waals surface area contributed by atoms with Crippen LogP contribution in [0.1, 0.15) is 13.3 Å². The van der Waals surface area contributed by atoms with Crippen molar-refractivity contribution < 1.29 is 4.74 Å². The summed E-state index contributed by atoms with van der Waals surface area (Å²) in [6.07, 6.45) is 6.79. The molecule has 1 aliphatic rings. The van der Waals surface area contributed by atoms with Gasteiger partial charge in [0, 0.05) is 49.2 Å². The predicted octanol–water partition coefficient (Wildman–Crippen LogP) is 3.72. The van der Waals surface area contributed by atoms with Crippen LogP contribution in [0.5, 0.6) is 0 Å². The molecule has 0 aliphatic carbocycles. The highest BCUT2D eigenvalue weighted by molar-refractivity contribution is 5.78. The number of morpholine rings is 1. The topological polar surface area (TPSA) is 43.2 Å². The molecule has 5 heteroatoms. The first-order valence-corrected chi connectivity index (χ1v) is 9.69. The van der Waals surface area contributed by atoms with Gasteiger partial charge in [-0.25, -0.2) is 4.98 Å². The molecule has 2 aromatic heterocycles. The zero-order valence-corrected chi connectivity index (χ0v) is 15.8. The average molecular weight is 362 g/mol. The van der Waals surface area contributed by atoms with E-state index in [-0.39, 0.29) is 0 Å². The Morgan fingerprint density at radius 3 is 2.44 bits per heavy atom. The number of hydrogen-bond acceptors (Lipinski definition) is 4. The molecule has 1 aliphatic heterocycles. The van der Waals surface area contributed by atoms with E-state index >= 15 is 0 Å². The normalized spacial score (nSPS) is 16.3. The van der Waals surface area contributed by atoms with Gasteiger partial charge in [0.25, 0.3) is 0 Å². The summed E-state index contributed by atoms with van der Waals surface area (Å²) in [6, 6.07) is 15.0. The van der Waals surface area contributed by atoms with Crippen molar-refractivity contribution in [1.82, 2.24) is 19.4 Å². The molecule has 1 fully saturated rings. The summed E-state index contributed by atoms with van der Waals surface area (Å²) in [6.45, 7) is 6.85. The second-order valence-corrected chi connectivity index (χ2v) is 6.91. The number of rotatable bonds is 6. The van der Waals surface area contributed by atoms with E-state index in [0.717, 1.165) is 61.8 Å². The fourth-order valence-electron chi connectivity index (χ4n) is 3.81. The Balaban J connectivity index is 1.71. The summed E-state index contributed by atoms with van der Waals surface area (Å²) in [5.41, 5.74) is 4.48. The van der Waals surface area contributed by atoms with Crippen LogP contribution in [0.4, 0.5) is 0 Å². The van der Waals surface area contributed by atoms with Gasteiger partial charge >= 0.3 is 0 Å². The number of pyridine rings is 1. The van der Waals surface area contributed by atoms with Crippen LogP contribution >= 0.6 is 0 Å². The van der Waals surface area contributed by atoms with Gasteiger partial charge in [-0.2, -0.15) is 0 Å². The summed E-state index contributed by atoms with van der Waals surface area (Å²) >= 11 is 0. The van der Waals surface area contributed by atoms with Gasteiger partial charge in [-0.3, -0.25) is 9.88 Å². The molecule has 3 heterocycles. The number of imidazole rings is 1. The highest BCUT2D eigenvalue weighted by atomic mass is 16.5. The minimum atomic E-state index is 0.479. The van der Waals surface area contributed by atoms with Crippen LogP contribution in [-0.2, 0) is 11.3 Å². The van der Waals surface area contributed by atoms with Crippen LogP contribution < -0.4 is 0 Å². The summed E-state index contributed by atoms with van der Waals surface area (Å²) in [5.74, 6) is 0. The molecule has 0 spiro atoms. The van der Waals surface area contributed by atoms with Crippen LogP contribution in [0.15, 0.2) is 61.2 Å². The Morgan fingerprint density at radius 2 is 1.74 bits per heavy atom. The third-order valence-electron chi connectivity index (χ3n) is 5.28. The fraction of sp³-hybridized carbons (Fsp3) is 0.364. The maximum absolute atomic E-state index is 5.53. The quantitative estimate of drug-likeness (QED) is 0.670. The van der Waals surface area contributed by atoms with Gasteiger partial charge in [0.05, 0.1) is 30.9 Å². The SMILES string of the molecule is CC[C@@H](Cn1cnc(-c2ccccc2)c1-c1ccncc1)N1CCOCC1. The predicted molar refractivity (Wildman–Crippen MR) is 107 cm³/mol. The number of aromatic nitrogens is 3. The minimum Gasteiger partial charge on any atom is -0.379 e. The van der Waals surface area contributed by atoms with Crippen molar-refractivity contribution in [2.45, 2.75) is 25.9 Å². The Bertz CT molecular complexity index is 841. The minimum absolute atomic E-state index is 0.479. The molecule has 1 aromatic carbocycles. The molecular weight excluding hydrogens is 336 g/mol. The molecule has 0 bridgehead atoms. The Labute approximate surface area is 160 Å². The lowest BCUT2D eigenvalue weighted by Crippen LogP contribution is -2.45. The van der Waals surface area contributed by atoms with Crippen molar-refractivity contribution in [2.75, 3.05) is 26.3 Å². The van der Waals surface area contributed by atoms with Gasteiger partial charge in [0.15, 0.2) is 0 Å². The molecule has 1 atom stereocenters. The first-order valence-electron chi connectivity index (χ1n) is 9.69. The molecule has 3 aromatic rings. The van der Waals surface area contributed by atoms with E-state index in [9.17, 15) is 0 Å². The number of benzene rings is 1. The van der Waals surface area contributed by atoms with Crippen molar-refractivity contribution >= 4 is 0 Å². The lowest BCUT2D eigenvalue weighted by Gasteiger charge is -2.34. The molecular formula is C22H26N4O. The van der Waals surface area contributed by atoms with E-state index < -0.39 is 0 Å². The summed E-state index contributed by atoms with van der Waals surface area (Å²) in [7, 11) is 0. The van der Waals surface area contributed by atoms with E-state index in [4.69, 9.17) is 9.72 Å². The van der Waals surface area contributed by atoms with Gasteiger partial charge < -0.3 is 9.30 Å². The summed E-state index contributed by atoms with van der Waals surface area (Å²) in [4.78, 5) is 11.5. The molecule has 0 radical (unpaired) electrons. The van der Waals surface area contributed by atoms with Crippen LogP contribution in [0, 0.1) is 0 Å². The van der Waals surface area contributed by atoms with Crippen molar-refractivity contribution in [3.05, 3.63) is 61.2 Å². The maximum atomic E-state index is 5.53. The smallest absolute Gasteiger partial charge is 0.0963 e. The highest BCUT2D eigenvalue weighted by Gasteiger charge is 2.22. The van der Waals surface area contributed by atoms with Gasteiger partial charge in [0.1, 0.15) is 0 Å². The van der Waals surface area contributed by atoms with Crippen molar-refractivity contribution in [3.8, 4) is 22.5 Å². The van der Waals surface area contributed by atoms with Crippen LogP contribution in [-0.4, -0.2) is 51.8 Å². The molecule has 0 N–H and O–H groups in total. The second kappa shape index (κ2) is 8.46. The molecule has 0 unspecified atom stereocenters. The molecule has 0 amide bonds. The fourth-order valence-corrected chi connectivity index (χ4v) is 3.81. The zero-order valence-electron chi connectivity index (χ0n) is 15.8. The standard InChI is InChI=1S/C22H26N4O/c1-2-20(25-12-14-27-15-13-25)16-26-17-24-21(18-6-4-3-5-7-18)22(26)19-8-10-23-11-9-19/h3-11,17,20H,2,12-16H2,1H3/t20-/m0/s1. The maximum Gasteiger partial charge on any atom is 0.0963 e. The first kappa shape index (κ1) is 17.9. The third kappa shape index (κ3) is 3.94. The van der Waals surface area contributed by atoms with E-state index in [1.165, 1.54) is 0 Å². The molecule has 140 valence electrons. The summed E-state index contributed by atoms with van der Waals surface area (Å²) < 4.78 is 7.84. The van der Waals surface area contributed by atoms with Crippen LogP contribution in [0.3, 0.4) is 0 Å².